The van der Waals surface area contributed by atoms with Crippen molar-refractivity contribution < 1.29 is 21.6 Å². The van der Waals surface area contributed by atoms with Gasteiger partial charge in [-0.3, -0.25) is 0 Å². The lowest BCUT2D eigenvalue weighted by molar-refractivity contribution is -0.135. The van der Waals surface area contributed by atoms with E-state index in [0.717, 1.165) is 0 Å². The summed E-state index contributed by atoms with van der Waals surface area (Å²) in [5, 5.41) is 7.84. The van der Waals surface area contributed by atoms with Crippen LogP contribution in [0.2, 0.25) is 0 Å². The summed E-state index contributed by atoms with van der Waals surface area (Å²) in [5.74, 6) is 0. The maximum atomic E-state index is 11.9. The molecule has 0 unspecified atom stereocenters. The molecule has 0 radical (unpaired) electrons. The molecule has 0 aliphatic heterocycles. The van der Waals surface area contributed by atoms with E-state index < -0.39 is 22.6 Å². The van der Waals surface area contributed by atoms with Crippen LogP contribution in [0.25, 0.3) is 0 Å². The molecule has 0 aliphatic rings. The van der Waals surface area contributed by atoms with Crippen LogP contribution >= 0.6 is 0 Å². The second kappa shape index (κ2) is 6.25. The average molecular weight is 296 g/mol. The van der Waals surface area contributed by atoms with Crippen LogP contribution in [-0.2, 0) is 10.0 Å². The number of alkyl halides is 3. The Morgan fingerprint density at radius 3 is 2.16 bits per heavy atom. The van der Waals surface area contributed by atoms with Crippen molar-refractivity contribution in [1.29, 1.82) is 0 Å². The van der Waals surface area contributed by atoms with E-state index in [1.54, 1.807) is 0 Å². The maximum Gasteiger partial charge on any atom is 0.389 e. The van der Waals surface area contributed by atoms with Crippen LogP contribution in [0.15, 0.2) is 29.2 Å². The van der Waals surface area contributed by atoms with Gasteiger partial charge < -0.3 is 5.32 Å². The molecule has 0 bridgehead atoms. The van der Waals surface area contributed by atoms with E-state index in [4.69, 9.17) is 5.14 Å². The number of anilines is 1. The molecule has 3 N–H and O–H groups in total. The highest BCUT2D eigenvalue weighted by Crippen LogP contribution is 2.22. The number of hydrogen-bond donors (Lipinski definition) is 2. The molecule has 0 spiro atoms. The van der Waals surface area contributed by atoms with Gasteiger partial charge in [0, 0.05) is 18.7 Å². The summed E-state index contributed by atoms with van der Waals surface area (Å²) in [6.45, 7) is 0.394. The van der Waals surface area contributed by atoms with Crippen LogP contribution in [-0.4, -0.2) is 21.1 Å². The summed E-state index contributed by atoms with van der Waals surface area (Å²) >= 11 is 0. The van der Waals surface area contributed by atoms with Gasteiger partial charge in [-0.15, -0.1) is 0 Å². The second-order valence-corrected chi connectivity index (χ2v) is 5.63. The lowest BCUT2D eigenvalue weighted by Gasteiger charge is -2.08. The van der Waals surface area contributed by atoms with Crippen LogP contribution in [0.3, 0.4) is 0 Å². The van der Waals surface area contributed by atoms with Gasteiger partial charge in [0.15, 0.2) is 0 Å². The number of hydrogen-bond acceptors (Lipinski definition) is 3. The molecule has 0 atom stereocenters. The monoisotopic (exact) mass is 296 g/mol. The molecule has 19 heavy (non-hydrogen) atoms. The fourth-order valence-corrected chi connectivity index (χ4v) is 1.96. The highest BCUT2D eigenvalue weighted by atomic mass is 32.2. The Morgan fingerprint density at radius 1 is 1.11 bits per heavy atom. The zero-order valence-corrected chi connectivity index (χ0v) is 10.9. The van der Waals surface area contributed by atoms with Gasteiger partial charge in [0.2, 0.25) is 10.0 Å². The van der Waals surface area contributed by atoms with E-state index in [0.29, 0.717) is 18.7 Å². The minimum atomic E-state index is -4.11. The average Bonchev–Trinajstić information content (AvgIpc) is 2.26. The molecule has 1 aromatic carbocycles. The SMILES string of the molecule is NS(=O)(=O)c1ccc(NCCCCC(F)(F)F)cc1. The van der Waals surface area contributed by atoms with E-state index >= 15 is 0 Å². The van der Waals surface area contributed by atoms with E-state index in [9.17, 15) is 21.6 Å². The van der Waals surface area contributed by atoms with Crippen molar-refractivity contribution in [2.75, 3.05) is 11.9 Å². The van der Waals surface area contributed by atoms with E-state index in [1.165, 1.54) is 24.3 Å². The van der Waals surface area contributed by atoms with E-state index in [2.05, 4.69) is 5.32 Å². The molecule has 0 saturated heterocycles. The van der Waals surface area contributed by atoms with Crippen LogP contribution in [0.1, 0.15) is 19.3 Å². The largest absolute Gasteiger partial charge is 0.389 e. The van der Waals surface area contributed by atoms with Crippen molar-refractivity contribution in [1.82, 2.24) is 0 Å². The predicted octanol–water partition coefficient (Wildman–Crippen LogP) is 2.48. The number of nitrogens with one attached hydrogen (secondary N) is 1. The summed E-state index contributed by atoms with van der Waals surface area (Å²) in [6.07, 6.45) is -4.46. The third-order valence-electron chi connectivity index (χ3n) is 2.40. The third kappa shape index (κ3) is 6.44. The van der Waals surface area contributed by atoms with Gasteiger partial charge in [-0.25, -0.2) is 13.6 Å². The Bertz CT molecular complexity index is 498. The standard InChI is InChI=1S/C11H15F3N2O2S/c12-11(13,14)7-1-2-8-16-9-3-5-10(6-4-9)19(15,17)18/h3-6,16H,1-2,7-8H2,(H2,15,17,18). The van der Waals surface area contributed by atoms with E-state index in [1.807, 2.05) is 0 Å². The number of rotatable bonds is 6. The van der Waals surface area contributed by atoms with Crippen LogP contribution < -0.4 is 10.5 Å². The molecule has 8 heteroatoms. The fraction of sp³-hybridized carbons (Fsp3) is 0.455. The topological polar surface area (TPSA) is 72.2 Å². The van der Waals surface area contributed by atoms with Gasteiger partial charge in [-0.1, -0.05) is 0 Å². The number of sulfonamides is 1. The molecule has 108 valence electrons. The summed E-state index contributed by atoms with van der Waals surface area (Å²) in [4.78, 5) is -0.00452. The van der Waals surface area contributed by atoms with Gasteiger partial charge in [0.25, 0.3) is 0 Å². The lowest BCUT2D eigenvalue weighted by atomic mass is 10.2. The Labute approximate surface area is 109 Å². The fourth-order valence-electron chi connectivity index (χ4n) is 1.45. The van der Waals surface area contributed by atoms with Crippen molar-refractivity contribution >= 4 is 15.7 Å². The van der Waals surface area contributed by atoms with E-state index in [-0.39, 0.29) is 11.3 Å². The van der Waals surface area contributed by atoms with Crippen molar-refractivity contribution in [3.05, 3.63) is 24.3 Å². The van der Waals surface area contributed by atoms with Crippen molar-refractivity contribution in [3.63, 3.8) is 0 Å². The second-order valence-electron chi connectivity index (χ2n) is 4.07. The quantitative estimate of drug-likeness (QED) is 0.792. The summed E-state index contributed by atoms with van der Waals surface area (Å²) in [7, 11) is -3.72. The first-order chi connectivity index (χ1) is 8.68. The number of benzene rings is 1. The molecule has 0 saturated carbocycles. The highest BCUT2D eigenvalue weighted by molar-refractivity contribution is 7.89. The molecule has 0 aliphatic carbocycles. The lowest BCUT2D eigenvalue weighted by Crippen LogP contribution is -2.12. The van der Waals surface area contributed by atoms with Gasteiger partial charge in [-0.05, 0) is 37.1 Å². The third-order valence-corrected chi connectivity index (χ3v) is 3.33. The molecule has 0 aromatic heterocycles. The summed E-state index contributed by atoms with van der Waals surface area (Å²) in [5.41, 5.74) is 0.638. The minimum Gasteiger partial charge on any atom is -0.385 e. The molecule has 4 nitrogen and oxygen atoms in total. The van der Waals surface area contributed by atoms with Gasteiger partial charge >= 0.3 is 6.18 Å². The Morgan fingerprint density at radius 2 is 1.68 bits per heavy atom. The van der Waals surface area contributed by atoms with Gasteiger partial charge in [-0.2, -0.15) is 13.2 Å². The molecule has 0 amide bonds. The number of nitrogens with two attached hydrogens (primary N) is 1. The summed E-state index contributed by atoms with van der Waals surface area (Å²) in [6, 6.07) is 5.72. The molecular weight excluding hydrogens is 281 g/mol. The van der Waals surface area contributed by atoms with Crippen molar-refractivity contribution in [2.24, 2.45) is 5.14 Å². The van der Waals surface area contributed by atoms with Gasteiger partial charge in [0.05, 0.1) is 4.90 Å². The first-order valence-electron chi connectivity index (χ1n) is 5.62. The Kier molecular flexibility index (Phi) is 5.19. The van der Waals surface area contributed by atoms with Gasteiger partial charge in [0.1, 0.15) is 0 Å². The zero-order chi connectivity index (χ0) is 14.5. The molecule has 0 heterocycles. The number of halogens is 3. The highest BCUT2D eigenvalue weighted by Gasteiger charge is 2.25. The first kappa shape index (κ1) is 15.8. The van der Waals surface area contributed by atoms with Crippen molar-refractivity contribution in [2.45, 2.75) is 30.3 Å². The molecular formula is C11H15F3N2O2S. The Hall–Kier alpha value is -1.28. The normalized spacial score (nSPS) is 12.4. The smallest absolute Gasteiger partial charge is 0.385 e. The summed E-state index contributed by atoms with van der Waals surface area (Å²) < 4.78 is 57.6. The molecule has 1 aromatic rings. The van der Waals surface area contributed by atoms with Crippen molar-refractivity contribution in [3.8, 4) is 0 Å². The van der Waals surface area contributed by atoms with Crippen LogP contribution in [0.5, 0.6) is 0 Å². The van der Waals surface area contributed by atoms with Crippen LogP contribution in [0, 0.1) is 0 Å². The number of unbranched alkanes of at least 4 members (excludes halogenated alkanes) is 1. The first-order valence-corrected chi connectivity index (χ1v) is 7.16. The minimum absolute atomic E-state index is 0.00452. The number of primary sulfonamides is 1. The molecule has 1 rings (SSSR count). The predicted molar refractivity (Wildman–Crippen MR) is 66.2 cm³/mol. The zero-order valence-electron chi connectivity index (χ0n) is 10.1. The Balaban J connectivity index is 2.35. The molecule has 0 fully saturated rings. The maximum absolute atomic E-state index is 11.9. The van der Waals surface area contributed by atoms with Crippen LogP contribution in [0.4, 0.5) is 18.9 Å².